The molecule has 0 aliphatic carbocycles. The van der Waals surface area contributed by atoms with Crippen molar-refractivity contribution in [2.75, 3.05) is 25.2 Å². The number of sulfone groups is 1. The molecule has 0 saturated carbocycles. The van der Waals surface area contributed by atoms with E-state index in [9.17, 15) is 13.2 Å². The number of hydrogen-bond acceptors (Lipinski definition) is 6. The van der Waals surface area contributed by atoms with Crippen molar-refractivity contribution in [1.82, 2.24) is 20.1 Å². The molecule has 0 bridgehead atoms. The second-order valence-electron chi connectivity index (χ2n) is 8.54. The molecule has 2 aromatic heterocycles. The van der Waals surface area contributed by atoms with E-state index in [1.165, 1.54) is 0 Å². The Bertz CT molecular complexity index is 1270. The number of rotatable bonds is 6. The third kappa shape index (κ3) is 4.40. The first kappa shape index (κ1) is 22.4. The van der Waals surface area contributed by atoms with Gasteiger partial charge in [0, 0.05) is 18.7 Å². The van der Waals surface area contributed by atoms with Gasteiger partial charge in [0.25, 0.3) is 5.91 Å². The van der Waals surface area contributed by atoms with E-state index in [0.29, 0.717) is 41.0 Å². The average Bonchev–Trinajstić information content (AvgIpc) is 3.27. The Kier molecular flexibility index (Phi) is 6.05. The van der Waals surface area contributed by atoms with Gasteiger partial charge in [-0.3, -0.25) is 4.79 Å². The fraction of sp³-hybridized carbons (Fsp3) is 0.435. The van der Waals surface area contributed by atoms with Gasteiger partial charge in [0.2, 0.25) is 0 Å². The molecule has 1 N–H and O–H groups in total. The number of benzene rings is 1. The van der Waals surface area contributed by atoms with Crippen molar-refractivity contribution in [2.45, 2.75) is 39.3 Å². The first-order valence-corrected chi connectivity index (χ1v) is 12.5. The molecule has 0 spiro atoms. The minimum atomic E-state index is -3.10. The van der Waals surface area contributed by atoms with Crippen molar-refractivity contribution in [3.8, 4) is 11.3 Å². The maximum absolute atomic E-state index is 13.2. The number of methoxy groups -OCH3 is 1. The molecule has 8 nitrogen and oxygen atoms in total. The molecule has 1 fully saturated rings. The largest absolute Gasteiger partial charge is 0.383 e. The number of nitrogens with one attached hydrogen (secondary N) is 1. The zero-order valence-corrected chi connectivity index (χ0v) is 19.6. The molecule has 2 atom stereocenters. The Labute approximate surface area is 187 Å². The maximum Gasteiger partial charge on any atom is 0.252 e. The number of amides is 1. The number of carbonyl (C=O) groups excluding carboxylic acids is 1. The molecule has 3 aromatic rings. The monoisotopic (exact) mass is 456 g/mol. The van der Waals surface area contributed by atoms with Crippen LogP contribution >= 0.6 is 0 Å². The third-order valence-corrected chi connectivity index (χ3v) is 7.53. The lowest BCUT2D eigenvalue weighted by atomic mass is 10.0. The van der Waals surface area contributed by atoms with Gasteiger partial charge in [0.15, 0.2) is 15.5 Å². The Hall–Kier alpha value is -2.78. The summed E-state index contributed by atoms with van der Waals surface area (Å²) in [6.07, 6.45) is 0.487. The molecule has 4 rings (SSSR count). The van der Waals surface area contributed by atoms with E-state index in [2.05, 4.69) is 10.4 Å². The maximum atomic E-state index is 13.2. The Balaban J connectivity index is 1.88. The molecule has 0 unspecified atom stereocenters. The number of fused-ring (bicyclic) bond motifs is 1. The first-order valence-electron chi connectivity index (χ1n) is 10.7. The van der Waals surface area contributed by atoms with Gasteiger partial charge in [-0.05, 0) is 33.3 Å². The van der Waals surface area contributed by atoms with Crippen LogP contribution < -0.4 is 5.32 Å². The molecular weight excluding hydrogens is 428 g/mol. The number of nitrogens with zero attached hydrogens (tertiary/aromatic N) is 3. The summed E-state index contributed by atoms with van der Waals surface area (Å²) in [5.41, 5.74) is 4.30. The molecule has 1 amide bonds. The Morgan fingerprint density at radius 2 is 2.00 bits per heavy atom. The van der Waals surface area contributed by atoms with Crippen LogP contribution in [0.2, 0.25) is 0 Å². The van der Waals surface area contributed by atoms with E-state index in [-0.39, 0.29) is 29.5 Å². The van der Waals surface area contributed by atoms with Crippen LogP contribution in [0, 0.1) is 13.8 Å². The number of aromatic nitrogens is 3. The van der Waals surface area contributed by atoms with Crippen LogP contribution in [0.15, 0.2) is 30.3 Å². The molecule has 1 saturated heterocycles. The fourth-order valence-corrected chi connectivity index (χ4v) is 5.87. The highest BCUT2D eigenvalue weighted by Crippen LogP contribution is 2.32. The quantitative estimate of drug-likeness (QED) is 0.612. The Morgan fingerprint density at radius 3 is 2.62 bits per heavy atom. The van der Waals surface area contributed by atoms with Gasteiger partial charge in [-0.2, -0.15) is 5.10 Å². The number of pyridine rings is 1. The van der Waals surface area contributed by atoms with Crippen LogP contribution in [0.25, 0.3) is 22.3 Å². The van der Waals surface area contributed by atoms with Crippen LogP contribution in [0.1, 0.15) is 41.0 Å². The molecule has 32 heavy (non-hydrogen) atoms. The molecule has 1 aliphatic rings. The van der Waals surface area contributed by atoms with Crippen molar-refractivity contribution in [1.29, 1.82) is 0 Å². The summed E-state index contributed by atoms with van der Waals surface area (Å²) >= 11 is 0. The zero-order valence-electron chi connectivity index (χ0n) is 18.8. The first-order chi connectivity index (χ1) is 15.2. The summed E-state index contributed by atoms with van der Waals surface area (Å²) in [4.78, 5) is 18.1. The van der Waals surface area contributed by atoms with Gasteiger partial charge in [-0.1, -0.05) is 29.8 Å². The SMILES string of the molecule is COC[C@H](C)NC(=O)c1cc(-c2ccc(C)cc2)nc2c1c(C)nn2[C@H]1CCS(=O)(=O)C1. The lowest BCUT2D eigenvalue weighted by Crippen LogP contribution is -2.35. The van der Waals surface area contributed by atoms with Crippen LogP contribution in [-0.2, 0) is 14.6 Å². The molecule has 170 valence electrons. The summed E-state index contributed by atoms with van der Waals surface area (Å²) in [7, 11) is -1.51. The van der Waals surface area contributed by atoms with Gasteiger partial charge in [0.1, 0.15) is 0 Å². The number of aryl methyl sites for hydroxylation is 2. The fourth-order valence-electron chi connectivity index (χ4n) is 4.18. The van der Waals surface area contributed by atoms with E-state index in [1.54, 1.807) is 17.9 Å². The third-order valence-electron chi connectivity index (χ3n) is 5.78. The molecular formula is C23H28N4O4S. The highest BCUT2D eigenvalue weighted by atomic mass is 32.2. The number of hydrogen-bond donors (Lipinski definition) is 1. The van der Waals surface area contributed by atoms with Crippen molar-refractivity contribution >= 4 is 26.8 Å². The summed E-state index contributed by atoms with van der Waals surface area (Å²) in [5.74, 6) is -0.0686. The van der Waals surface area contributed by atoms with Crippen molar-refractivity contribution in [3.63, 3.8) is 0 Å². The van der Waals surface area contributed by atoms with Crippen molar-refractivity contribution < 1.29 is 17.9 Å². The molecule has 0 radical (unpaired) electrons. The molecule has 3 heterocycles. The second kappa shape index (κ2) is 8.63. The van der Waals surface area contributed by atoms with Gasteiger partial charge >= 0.3 is 0 Å². The summed E-state index contributed by atoms with van der Waals surface area (Å²) in [5, 5.41) is 8.25. The summed E-state index contributed by atoms with van der Waals surface area (Å²) < 4.78 is 31.0. The number of ether oxygens (including phenoxy) is 1. The lowest BCUT2D eigenvalue weighted by Gasteiger charge is -2.15. The van der Waals surface area contributed by atoms with Gasteiger partial charge in [-0.15, -0.1) is 0 Å². The minimum absolute atomic E-state index is 0.0338. The Morgan fingerprint density at radius 1 is 1.28 bits per heavy atom. The van der Waals surface area contributed by atoms with E-state index in [1.807, 2.05) is 45.0 Å². The van der Waals surface area contributed by atoms with Crippen LogP contribution in [0.5, 0.6) is 0 Å². The number of carbonyl (C=O) groups is 1. The predicted octanol–water partition coefficient (Wildman–Crippen LogP) is 2.84. The van der Waals surface area contributed by atoms with E-state index in [4.69, 9.17) is 9.72 Å². The highest BCUT2D eigenvalue weighted by Gasteiger charge is 2.32. The predicted molar refractivity (Wildman–Crippen MR) is 124 cm³/mol. The van der Waals surface area contributed by atoms with E-state index >= 15 is 0 Å². The molecule has 1 aliphatic heterocycles. The topological polar surface area (TPSA) is 103 Å². The van der Waals surface area contributed by atoms with Crippen LogP contribution in [-0.4, -0.2) is 60.4 Å². The normalized spacial score (nSPS) is 18.7. The second-order valence-corrected chi connectivity index (χ2v) is 10.8. The van der Waals surface area contributed by atoms with E-state index < -0.39 is 9.84 Å². The highest BCUT2D eigenvalue weighted by molar-refractivity contribution is 7.91. The van der Waals surface area contributed by atoms with Gasteiger partial charge in [-0.25, -0.2) is 18.1 Å². The smallest absolute Gasteiger partial charge is 0.252 e. The van der Waals surface area contributed by atoms with Crippen LogP contribution in [0.4, 0.5) is 0 Å². The van der Waals surface area contributed by atoms with Crippen molar-refractivity contribution in [2.24, 2.45) is 0 Å². The van der Waals surface area contributed by atoms with E-state index in [0.717, 1.165) is 11.1 Å². The summed E-state index contributed by atoms with van der Waals surface area (Å²) in [6.45, 7) is 6.10. The van der Waals surface area contributed by atoms with Gasteiger partial charge in [0.05, 0.1) is 46.5 Å². The lowest BCUT2D eigenvalue weighted by molar-refractivity contribution is 0.0907. The zero-order chi connectivity index (χ0) is 23.0. The van der Waals surface area contributed by atoms with Crippen LogP contribution in [0.3, 0.4) is 0 Å². The average molecular weight is 457 g/mol. The molecule has 1 aromatic carbocycles. The summed E-state index contributed by atoms with van der Waals surface area (Å²) in [6, 6.07) is 9.24. The van der Waals surface area contributed by atoms with Gasteiger partial charge < -0.3 is 10.1 Å². The molecule has 9 heteroatoms. The minimum Gasteiger partial charge on any atom is -0.383 e. The standard InChI is InChI=1S/C23H28N4O4S/c1-14-5-7-17(8-6-14)20-11-19(23(28)24-15(2)12-31-4)21-16(3)26-27(22(21)25-20)18-9-10-32(29,30)13-18/h5-8,11,15,18H,9-10,12-13H2,1-4H3,(H,24,28)/t15-,18-/m0/s1. The van der Waals surface area contributed by atoms with Crippen molar-refractivity contribution in [3.05, 3.63) is 47.2 Å².